The molecule has 2 rings (SSSR count). The maximum absolute atomic E-state index is 11.9. The molecule has 0 aliphatic carbocycles. The van der Waals surface area contributed by atoms with Gasteiger partial charge in [-0.25, -0.2) is 8.42 Å². The van der Waals surface area contributed by atoms with Crippen LogP contribution in [-0.4, -0.2) is 56.9 Å². The van der Waals surface area contributed by atoms with Gasteiger partial charge in [0.1, 0.15) is 9.84 Å². The summed E-state index contributed by atoms with van der Waals surface area (Å²) < 4.78 is 22.1. The highest BCUT2D eigenvalue weighted by Crippen LogP contribution is 2.25. The first-order chi connectivity index (χ1) is 8.96. The largest absolute Gasteiger partial charge is 0.343 e. The molecule has 0 radical (unpaired) electrons. The van der Waals surface area contributed by atoms with E-state index in [1.54, 1.807) is 0 Å². The molecule has 1 N–H and O–H groups in total. The molecule has 1 amide bonds. The highest BCUT2D eigenvalue weighted by atomic mass is 32.2. The fraction of sp³-hybridized carbons (Fsp3) is 0.923. The van der Waals surface area contributed by atoms with Crippen molar-refractivity contribution in [2.24, 2.45) is 5.92 Å². The monoisotopic (exact) mass is 288 g/mol. The van der Waals surface area contributed by atoms with Crippen LogP contribution in [0, 0.1) is 5.92 Å². The second-order valence-corrected chi connectivity index (χ2v) is 8.06. The molecule has 1 unspecified atom stereocenters. The zero-order chi connectivity index (χ0) is 13.9. The first-order valence-electron chi connectivity index (χ1n) is 7.14. The van der Waals surface area contributed by atoms with Gasteiger partial charge >= 0.3 is 0 Å². The van der Waals surface area contributed by atoms with Crippen molar-refractivity contribution >= 4 is 15.7 Å². The number of likely N-dealkylation sites (tertiary alicyclic amines) is 1. The Labute approximate surface area is 115 Å². The molecular formula is C13H24N2O3S. The van der Waals surface area contributed by atoms with Crippen LogP contribution in [0.1, 0.15) is 32.1 Å². The van der Waals surface area contributed by atoms with Gasteiger partial charge < -0.3 is 10.2 Å². The Kier molecular flexibility index (Phi) is 4.84. The van der Waals surface area contributed by atoms with Gasteiger partial charge in [-0.2, -0.15) is 0 Å². The Hall–Kier alpha value is -0.620. The molecule has 5 nitrogen and oxygen atoms in total. The lowest BCUT2D eigenvalue weighted by Crippen LogP contribution is -2.43. The highest BCUT2D eigenvalue weighted by Gasteiger charge is 2.29. The minimum Gasteiger partial charge on any atom is -0.343 e. The number of nitrogens with one attached hydrogen (secondary N) is 1. The van der Waals surface area contributed by atoms with E-state index >= 15 is 0 Å². The summed E-state index contributed by atoms with van der Waals surface area (Å²) in [6, 6.07) is 0.633. The number of nitrogens with zero attached hydrogens (tertiary/aromatic N) is 1. The molecule has 0 bridgehead atoms. The minimum absolute atomic E-state index is 0.0109. The third-order valence-corrected chi connectivity index (χ3v) is 5.19. The molecule has 2 aliphatic rings. The van der Waals surface area contributed by atoms with E-state index in [1.165, 1.54) is 19.1 Å². The SMILES string of the molecule is CS(=O)(=O)CCC(=O)N1CCC(C2CCCN2)CC1. The normalized spacial score (nSPS) is 25.7. The van der Waals surface area contributed by atoms with E-state index in [2.05, 4.69) is 5.32 Å². The van der Waals surface area contributed by atoms with Crippen molar-refractivity contribution < 1.29 is 13.2 Å². The van der Waals surface area contributed by atoms with Gasteiger partial charge in [0, 0.05) is 31.8 Å². The molecule has 2 fully saturated rings. The second-order valence-electron chi connectivity index (χ2n) is 5.80. The average Bonchev–Trinajstić information content (AvgIpc) is 2.89. The molecule has 19 heavy (non-hydrogen) atoms. The van der Waals surface area contributed by atoms with Gasteiger partial charge in [0.15, 0.2) is 0 Å². The maximum Gasteiger partial charge on any atom is 0.223 e. The van der Waals surface area contributed by atoms with Crippen molar-refractivity contribution in [3.05, 3.63) is 0 Å². The number of rotatable bonds is 4. The number of amides is 1. The molecule has 2 heterocycles. The molecule has 1 atom stereocenters. The van der Waals surface area contributed by atoms with E-state index < -0.39 is 9.84 Å². The van der Waals surface area contributed by atoms with Crippen LogP contribution in [0.2, 0.25) is 0 Å². The minimum atomic E-state index is -3.04. The van der Waals surface area contributed by atoms with Crippen LogP contribution >= 0.6 is 0 Å². The number of hydrogen-bond donors (Lipinski definition) is 1. The van der Waals surface area contributed by atoms with E-state index in [-0.39, 0.29) is 18.1 Å². The Balaban J connectivity index is 1.74. The Bertz CT molecular complexity index is 408. The van der Waals surface area contributed by atoms with Gasteiger partial charge in [0.25, 0.3) is 0 Å². The van der Waals surface area contributed by atoms with Gasteiger partial charge in [-0.3, -0.25) is 4.79 Å². The van der Waals surface area contributed by atoms with Crippen LogP contribution in [0.3, 0.4) is 0 Å². The molecule has 0 aromatic carbocycles. The standard InChI is InChI=1S/C13H24N2O3S/c1-19(17,18)10-6-13(16)15-8-4-11(5-9-15)12-3-2-7-14-12/h11-12,14H,2-10H2,1H3. The third-order valence-electron chi connectivity index (χ3n) is 4.25. The molecule has 0 spiro atoms. The molecule has 0 aromatic heterocycles. The third kappa shape index (κ3) is 4.45. The first-order valence-corrected chi connectivity index (χ1v) is 9.20. The Morgan fingerprint density at radius 2 is 1.95 bits per heavy atom. The number of carbonyl (C=O) groups is 1. The summed E-state index contributed by atoms with van der Waals surface area (Å²) in [6.45, 7) is 2.69. The molecular weight excluding hydrogens is 264 g/mol. The Morgan fingerprint density at radius 3 is 2.47 bits per heavy atom. The van der Waals surface area contributed by atoms with Gasteiger partial charge in [-0.05, 0) is 38.1 Å². The van der Waals surface area contributed by atoms with E-state index in [4.69, 9.17) is 0 Å². The number of carbonyl (C=O) groups excluding carboxylic acids is 1. The summed E-state index contributed by atoms with van der Waals surface area (Å²) in [5.41, 5.74) is 0. The van der Waals surface area contributed by atoms with Gasteiger partial charge in [-0.15, -0.1) is 0 Å². The molecule has 6 heteroatoms. The predicted octanol–water partition coefficient (Wildman–Crippen LogP) is 0.412. The number of hydrogen-bond acceptors (Lipinski definition) is 4. The lowest BCUT2D eigenvalue weighted by Gasteiger charge is -2.35. The van der Waals surface area contributed by atoms with Crippen molar-refractivity contribution in [1.29, 1.82) is 0 Å². The highest BCUT2D eigenvalue weighted by molar-refractivity contribution is 7.90. The summed E-state index contributed by atoms with van der Waals surface area (Å²) in [5, 5.41) is 3.53. The van der Waals surface area contributed by atoms with Crippen molar-refractivity contribution in [2.75, 3.05) is 31.6 Å². The smallest absolute Gasteiger partial charge is 0.223 e. The van der Waals surface area contributed by atoms with Crippen LogP contribution in [-0.2, 0) is 14.6 Å². The molecule has 0 saturated carbocycles. The summed E-state index contributed by atoms with van der Waals surface area (Å²) in [6.07, 6.45) is 5.92. The number of piperidine rings is 1. The maximum atomic E-state index is 11.9. The number of sulfone groups is 1. The van der Waals surface area contributed by atoms with Crippen LogP contribution in [0.4, 0.5) is 0 Å². The van der Waals surface area contributed by atoms with Crippen LogP contribution in [0.15, 0.2) is 0 Å². The second kappa shape index (κ2) is 6.22. The van der Waals surface area contributed by atoms with Crippen LogP contribution < -0.4 is 5.32 Å². The lowest BCUT2D eigenvalue weighted by molar-refractivity contribution is -0.132. The summed E-state index contributed by atoms with van der Waals surface area (Å²) in [7, 11) is -3.04. The van der Waals surface area contributed by atoms with Crippen LogP contribution in [0.25, 0.3) is 0 Å². The summed E-state index contributed by atoms with van der Waals surface area (Å²) in [4.78, 5) is 13.7. The predicted molar refractivity (Wildman–Crippen MR) is 74.7 cm³/mol. The average molecular weight is 288 g/mol. The van der Waals surface area contributed by atoms with Crippen LogP contribution in [0.5, 0.6) is 0 Å². The van der Waals surface area contributed by atoms with Gasteiger partial charge in [0.2, 0.25) is 5.91 Å². The topological polar surface area (TPSA) is 66.5 Å². The van der Waals surface area contributed by atoms with Gasteiger partial charge in [0.05, 0.1) is 5.75 Å². The molecule has 0 aromatic rings. The quantitative estimate of drug-likeness (QED) is 0.814. The fourth-order valence-electron chi connectivity index (χ4n) is 3.10. The van der Waals surface area contributed by atoms with Crippen molar-refractivity contribution in [2.45, 2.75) is 38.1 Å². The fourth-order valence-corrected chi connectivity index (χ4v) is 3.64. The van der Waals surface area contributed by atoms with Gasteiger partial charge in [-0.1, -0.05) is 0 Å². The zero-order valence-electron chi connectivity index (χ0n) is 11.6. The summed E-state index contributed by atoms with van der Waals surface area (Å²) in [5.74, 6) is 0.639. The van der Waals surface area contributed by atoms with Crippen molar-refractivity contribution in [3.8, 4) is 0 Å². The molecule has 110 valence electrons. The zero-order valence-corrected chi connectivity index (χ0v) is 12.4. The Morgan fingerprint density at radius 1 is 1.26 bits per heavy atom. The lowest BCUT2D eigenvalue weighted by atomic mass is 9.88. The molecule has 2 aliphatic heterocycles. The van der Waals surface area contributed by atoms with E-state index in [0.29, 0.717) is 12.0 Å². The van der Waals surface area contributed by atoms with Crippen molar-refractivity contribution in [3.63, 3.8) is 0 Å². The molecule has 2 saturated heterocycles. The van der Waals surface area contributed by atoms with E-state index in [0.717, 1.165) is 32.5 Å². The summed E-state index contributed by atoms with van der Waals surface area (Å²) >= 11 is 0. The van der Waals surface area contributed by atoms with E-state index in [9.17, 15) is 13.2 Å². The van der Waals surface area contributed by atoms with E-state index in [1.807, 2.05) is 4.90 Å². The first kappa shape index (κ1) is 14.8. The van der Waals surface area contributed by atoms with Crippen molar-refractivity contribution in [1.82, 2.24) is 10.2 Å².